The molecule has 1 fully saturated rings. The molecule has 2 unspecified atom stereocenters. The van der Waals surface area contributed by atoms with Gasteiger partial charge in [-0.2, -0.15) is 0 Å². The molecule has 0 saturated heterocycles. The summed E-state index contributed by atoms with van der Waals surface area (Å²) in [6, 6.07) is 0.0369. The van der Waals surface area contributed by atoms with Gasteiger partial charge in [0.15, 0.2) is 0 Å². The molecule has 0 aliphatic heterocycles. The van der Waals surface area contributed by atoms with Crippen molar-refractivity contribution in [3.8, 4) is 0 Å². The van der Waals surface area contributed by atoms with Crippen LogP contribution < -0.4 is 4.72 Å². The molecule has 2 atom stereocenters. The normalized spacial score (nSPS) is 25.8. The zero-order chi connectivity index (χ0) is 12.2. The minimum atomic E-state index is -3.31. The summed E-state index contributed by atoms with van der Waals surface area (Å²) in [6.45, 7) is 2.04. The molecule has 1 saturated carbocycles. The number of nitrogens with one attached hydrogen (secondary N) is 1. The van der Waals surface area contributed by atoms with Crippen molar-refractivity contribution in [2.24, 2.45) is 5.92 Å². The second-order valence-corrected chi connectivity index (χ2v) is 6.32. The summed E-state index contributed by atoms with van der Waals surface area (Å²) in [5.41, 5.74) is 0. The van der Waals surface area contributed by atoms with E-state index in [0.717, 1.165) is 19.3 Å². The zero-order valence-corrected chi connectivity index (χ0v) is 10.3. The number of hydrogen-bond acceptors (Lipinski definition) is 3. The van der Waals surface area contributed by atoms with Crippen LogP contribution in [-0.4, -0.2) is 31.3 Å². The van der Waals surface area contributed by atoms with Crippen LogP contribution >= 0.6 is 0 Å². The van der Waals surface area contributed by atoms with Crippen LogP contribution in [0.5, 0.6) is 0 Å². The van der Waals surface area contributed by atoms with E-state index in [1.165, 1.54) is 0 Å². The van der Waals surface area contributed by atoms with Crippen LogP contribution in [0.2, 0.25) is 0 Å². The van der Waals surface area contributed by atoms with Crippen LogP contribution in [0.15, 0.2) is 0 Å². The maximum absolute atomic E-state index is 11.6. The van der Waals surface area contributed by atoms with Gasteiger partial charge in [0.2, 0.25) is 10.0 Å². The molecule has 1 aliphatic rings. The number of rotatable bonds is 6. The molecule has 6 heteroatoms. The summed E-state index contributed by atoms with van der Waals surface area (Å²) in [7, 11) is -3.31. The van der Waals surface area contributed by atoms with Gasteiger partial charge in [0.1, 0.15) is 0 Å². The third kappa shape index (κ3) is 4.49. The molecule has 5 nitrogen and oxygen atoms in total. The fourth-order valence-electron chi connectivity index (χ4n) is 2.02. The Balaban J connectivity index is 2.36. The van der Waals surface area contributed by atoms with E-state index in [1.54, 1.807) is 0 Å². The molecule has 1 aliphatic carbocycles. The summed E-state index contributed by atoms with van der Waals surface area (Å²) < 4.78 is 25.9. The monoisotopic (exact) mass is 249 g/mol. The summed E-state index contributed by atoms with van der Waals surface area (Å²) in [6.07, 6.45) is 3.08. The second kappa shape index (κ2) is 5.63. The van der Waals surface area contributed by atoms with Crippen LogP contribution in [0.1, 0.15) is 39.0 Å². The van der Waals surface area contributed by atoms with E-state index < -0.39 is 16.0 Å². The third-order valence-electron chi connectivity index (χ3n) is 3.00. The average Bonchev–Trinajstić information content (AvgIpc) is 2.50. The van der Waals surface area contributed by atoms with Crippen LogP contribution in [0.25, 0.3) is 0 Å². The van der Waals surface area contributed by atoms with Gasteiger partial charge in [0.25, 0.3) is 0 Å². The highest BCUT2D eigenvalue weighted by Crippen LogP contribution is 2.25. The quantitative estimate of drug-likeness (QED) is 0.734. The first-order valence-electron chi connectivity index (χ1n) is 5.62. The fraction of sp³-hybridized carbons (Fsp3) is 0.900. The van der Waals surface area contributed by atoms with Crippen LogP contribution in [0.3, 0.4) is 0 Å². The molecular formula is C10H19NO4S. The zero-order valence-electron chi connectivity index (χ0n) is 9.48. The van der Waals surface area contributed by atoms with Gasteiger partial charge in [-0.3, -0.25) is 4.79 Å². The van der Waals surface area contributed by atoms with E-state index >= 15 is 0 Å². The Labute approximate surface area is 96.3 Å². The van der Waals surface area contributed by atoms with Crippen LogP contribution in [0.4, 0.5) is 0 Å². The molecule has 2 N–H and O–H groups in total. The van der Waals surface area contributed by atoms with Gasteiger partial charge in [-0.25, -0.2) is 13.1 Å². The molecular weight excluding hydrogens is 230 g/mol. The second-order valence-electron chi connectivity index (χ2n) is 4.45. The first kappa shape index (κ1) is 13.4. The van der Waals surface area contributed by atoms with Gasteiger partial charge in [-0.15, -0.1) is 0 Å². The van der Waals surface area contributed by atoms with E-state index in [9.17, 15) is 13.2 Å². The van der Waals surface area contributed by atoms with Crippen LogP contribution in [0, 0.1) is 5.92 Å². The smallest absolute Gasteiger partial charge is 0.303 e. The Morgan fingerprint density at radius 1 is 1.44 bits per heavy atom. The van der Waals surface area contributed by atoms with Gasteiger partial charge in [-0.05, 0) is 25.2 Å². The molecule has 0 amide bonds. The number of carbonyl (C=O) groups is 1. The van der Waals surface area contributed by atoms with E-state index in [4.69, 9.17) is 5.11 Å². The molecule has 0 heterocycles. The summed E-state index contributed by atoms with van der Waals surface area (Å²) in [5.74, 6) is -0.665. The Hall–Kier alpha value is -0.620. The molecule has 0 aromatic heterocycles. The lowest BCUT2D eigenvalue weighted by Crippen LogP contribution is -2.37. The van der Waals surface area contributed by atoms with Crippen molar-refractivity contribution in [3.05, 3.63) is 0 Å². The van der Waals surface area contributed by atoms with E-state index in [1.807, 2.05) is 6.92 Å². The number of sulfonamides is 1. The number of carboxylic acids is 1. The number of carboxylic acid groups (broad SMARTS) is 1. The lowest BCUT2D eigenvalue weighted by atomic mass is 10.1. The number of aliphatic carboxylic acids is 1. The van der Waals surface area contributed by atoms with Crippen molar-refractivity contribution in [3.63, 3.8) is 0 Å². The predicted molar refractivity (Wildman–Crippen MR) is 60.6 cm³/mol. The Kier molecular flexibility index (Phi) is 4.73. The molecule has 0 aromatic rings. The van der Waals surface area contributed by atoms with Crippen molar-refractivity contribution < 1.29 is 18.3 Å². The lowest BCUT2D eigenvalue weighted by molar-refractivity contribution is -0.137. The van der Waals surface area contributed by atoms with E-state index in [-0.39, 0.29) is 24.6 Å². The topological polar surface area (TPSA) is 83.5 Å². The minimum Gasteiger partial charge on any atom is -0.481 e. The summed E-state index contributed by atoms with van der Waals surface area (Å²) in [5, 5.41) is 8.42. The van der Waals surface area contributed by atoms with Crippen molar-refractivity contribution in [1.29, 1.82) is 0 Å². The minimum absolute atomic E-state index is 0.0369. The van der Waals surface area contributed by atoms with E-state index in [0.29, 0.717) is 5.92 Å². The Morgan fingerprint density at radius 3 is 2.62 bits per heavy atom. The largest absolute Gasteiger partial charge is 0.481 e. The van der Waals surface area contributed by atoms with Crippen molar-refractivity contribution >= 4 is 16.0 Å². The first-order valence-corrected chi connectivity index (χ1v) is 7.28. The Bertz CT molecular complexity index is 339. The first-order chi connectivity index (χ1) is 7.41. The van der Waals surface area contributed by atoms with Gasteiger partial charge in [0, 0.05) is 12.5 Å². The molecule has 0 aromatic carbocycles. The highest BCUT2D eigenvalue weighted by atomic mass is 32.2. The Morgan fingerprint density at radius 2 is 2.12 bits per heavy atom. The van der Waals surface area contributed by atoms with Crippen molar-refractivity contribution in [2.75, 3.05) is 5.75 Å². The third-order valence-corrected chi connectivity index (χ3v) is 4.48. The molecule has 1 rings (SSSR count). The highest BCUT2D eigenvalue weighted by Gasteiger charge is 2.27. The predicted octanol–water partition coefficient (Wildman–Crippen LogP) is 0.959. The van der Waals surface area contributed by atoms with Gasteiger partial charge in [-0.1, -0.05) is 13.3 Å². The molecule has 0 radical (unpaired) electrons. The molecule has 16 heavy (non-hydrogen) atoms. The molecule has 0 bridgehead atoms. The molecule has 0 spiro atoms. The standard InChI is InChI=1S/C10H19NO4S/c1-8-4-2-5-9(8)11-16(14,15)7-3-6-10(12)13/h8-9,11H,2-7H2,1H3,(H,12,13). The maximum atomic E-state index is 11.6. The summed E-state index contributed by atoms with van der Waals surface area (Å²) in [4.78, 5) is 10.3. The lowest BCUT2D eigenvalue weighted by Gasteiger charge is -2.17. The fourth-order valence-corrected chi connectivity index (χ4v) is 3.48. The van der Waals surface area contributed by atoms with Crippen molar-refractivity contribution in [2.45, 2.75) is 45.1 Å². The highest BCUT2D eigenvalue weighted by molar-refractivity contribution is 7.89. The summed E-state index contributed by atoms with van der Waals surface area (Å²) >= 11 is 0. The van der Waals surface area contributed by atoms with E-state index in [2.05, 4.69) is 4.72 Å². The van der Waals surface area contributed by atoms with Gasteiger partial charge >= 0.3 is 5.97 Å². The maximum Gasteiger partial charge on any atom is 0.303 e. The average molecular weight is 249 g/mol. The van der Waals surface area contributed by atoms with Gasteiger partial charge < -0.3 is 5.11 Å². The van der Waals surface area contributed by atoms with Crippen molar-refractivity contribution in [1.82, 2.24) is 4.72 Å². The number of hydrogen-bond donors (Lipinski definition) is 2. The van der Waals surface area contributed by atoms with Gasteiger partial charge in [0.05, 0.1) is 5.75 Å². The SMILES string of the molecule is CC1CCCC1NS(=O)(=O)CCCC(=O)O. The molecule has 94 valence electrons. The van der Waals surface area contributed by atoms with Crippen LogP contribution in [-0.2, 0) is 14.8 Å².